The minimum absolute atomic E-state index is 0.0440. The Hall–Kier alpha value is -1.41. The zero-order valence-corrected chi connectivity index (χ0v) is 11.0. The van der Waals surface area contributed by atoms with Gasteiger partial charge in [-0.25, -0.2) is 15.0 Å². The molecule has 0 bridgehead atoms. The van der Waals surface area contributed by atoms with E-state index in [2.05, 4.69) is 20.3 Å². The zero-order valence-electron chi connectivity index (χ0n) is 9.41. The van der Waals surface area contributed by atoms with E-state index in [1.54, 1.807) is 5.51 Å². The van der Waals surface area contributed by atoms with Crippen LogP contribution < -0.4 is 5.32 Å². The van der Waals surface area contributed by atoms with Crippen molar-refractivity contribution in [2.45, 2.75) is 12.6 Å². The lowest BCUT2D eigenvalue weighted by atomic mass is 10.3. The summed E-state index contributed by atoms with van der Waals surface area (Å²) in [4.78, 5) is 10.6. The summed E-state index contributed by atoms with van der Waals surface area (Å²) in [5.74, 6) is -1.21. The van der Waals surface area contributed by atoms with Crippen molar-refractivity contribution in [3.63, 3.8) is 0 Å². The van der Waals surface area contributed by atoms with E-state index in [0.717, 1.165) is 5.69 Å². The van der Waals surface area contributed by atoms with Crippen molar-refractivity contribution in [3.8, 4) is 0 Å². The number of anilines is 1. The van der Waals surface area contributed by atoms with E-state index < -0.39 is 12.0 Å². The summed E-state index contributed by atoms with van der Waals surface area (Å²) in [6.45, 7) is 0.411. The summed E-state index contributed by atoms with van der Waals surface area (Å²) < 4.78 is 37.4. The Morgan fingerprint density at radius 1 is 1.32 bits per heavy atom. The van der Waals surface area contributed by atoms with Crippen LogP contribution in [-0.4, -0.2) is 21.5 Å². The van der Waals surface area contributed by atoms with Gasteiger partial charge in [-0.05, 0) is 0 Å². The molecule has 0 aliphatic carbocycles. The molecule has 4 nitrogen and oxygen atoms in total. The van der Waals surface area contributed by atoms with Gasteiger partial charge in [0.1, 0.15) is 11.0 Å². The topological polar surface area (TPSA) is 50.7 Å². The molecule has 2 aromatic heterocycles. The second-order valence-electron chi connectivity index (χ2n) is 3.55. The van der Waals surface area contributed by atoms with Crippen LogP contribution in [0.1, 0.15) is 11.5 Å². The Bertz CT molecular complexity index is 544. The van der Waals surface area contributed by atoms with Crippen LogP contribution in [0.2, 0.25) is 5.15 Å². The fourth-order valence-corrected chi connectivity index (χ4v) is 2.09. The Labute approximate surface area is 115 Å². The number of rotatable bonds is 4. The first-order valence-corrected chi connectivity index (χ1v) is 6.50. The number of alkyl halides is 3. The van der Waals surface area contributed by atoms with Crippen LogP contribution in [0.4, 0.5) is 19.0 Å². The first-order chi connectivity index (χ1) is 8.95. The lowest BCUT2D eigenvalue weighted by Gasteiger charge is -2.09. The lowest BCUT2D eigenvalue weighted by molar-refractivity contribution is -0.144. The van der Waals surface area contributed by atoms with Gasteiger partial charge in [-0.3, -0.25) is 0 Å². The highest BCUT2D eigenvalue weighted by atomic mass is 35.5. The molecule has 0 unspecified atom stereocenters. The molecule has 2 rings (SSSR count). The van der Waals surface area contributed by atoms with E-state index in [1.807, 2.05) is 5.38 Å². The number of hydrogen-bond acceptors (Lipinski definition) is 5. The van der Waals surface area contributed by atoms with Gasteiger partial charge in [0.2, 0.25) is 5.82 Å². The Morgan fingerprint density at radius 2 is 2.11 bits per heavy atom. The van der Waals surface area contributed by atoms with Crippen molar-refractivity contribution in [2.75, 3.05) is 11.9 Å². The molecule has 0 radical (unpaired) electrons. The summed E-state index contributed by atoms with van der Waals surface area (Å²) in [5.41, 5.74) is 2.56. The molecule has 0 aliphatic heterocycles. The number of nitrogens with zero attached hydrogens (tertiary/aromatic N) is 3. The number of halogens is 4. The minimum Gasteiger partial charge on any atom is -0.370 e. The van der Waals surface area contributed by atoms with Crippen LogP contribution in [-0.2, 0) is 12.6 Å². The third-order valence-electron chi connectivity index (χ3n) is 2.12. The van der Waals surface area contributed by atoms with Gasteiger partial charge in [0.25, 0.3) is 0 Å². The predicted octanol–water partition coefficient (Wildman–Crippen LogP) is 3.26. The van der Waals surface area contributed by atoms with Crippen molar-refractivity contribution < 1.29 is 13.2 Å². The van der Waals surface area contributed by atoms with E-state index in [1.165, 1.54) is 17.4 Å². The fraction of sp³-hybridized carbons (Fsp3) is 0.300. The highest BCUT2D eigenvalue weighted by Crippen LogP contribution is 2.28. The molecule has 0 fully saturated rings. The largest absolute Gasteiger partial charge is 0.451 e. The van der Waals surface area contributed by atoms with E-state index in [9.17, 15) is 13.2 Å². The third-order valence-corrected chi connectivity index (χ3v) is 2.95. The highest BCUT2D eigenvalue weighted by molar-refractivity contribution is 7.07. The second-order valence-corrected chi connectivity index (χ2v) is 4.66. The average Bonchev–Trinajstić information content (AvgIpc) is 2.80. The van der Waals surface area contributed by atoms with Crippen LogP contribution in [0.3, 0.4) is 0 Å². The standard InChI is InChI=1S/C10H8ClF3N4S/c11-7-3-8(18-9(17-7)10(12,13)14)15-2-1-6-4-19-5-16-6/h3-5H,1-2H2,(H,15,17,18). The first-order valence-electron chi connectivity index (χ1n) is 5.18. The SMILES string of the molecule is FC(F)(F)c1nc(Cl)cc(NCCc2cscn2)n1. The molecule has 2 aromatic rings. The van der Waals surface area contributed by atoms with Crippen LogP contribution in [0.15, 0.2) is 17.0 Å². The fourth-order valence-electron chi connectivity index (χ4n) is 1.31. The molecular formula is C10H8ClF3N4S. The molecule has 9 heteroatoms. The monoisotopic (exact) mass is 308 g/mol. The number of nitrogens with one attached hydrogen (secondary N) is 1. The van der Waals surface area contributed by atoms with Gasteiger partial charge in [0.15, 0.2) is 0 Å². The maximum Gasteiger partial charge on any atom is 0.451 e. The maximum atomic E-state index is 12.5. The minimum atomic E-state index is -4.61. The lowest BCUT2D eigenvalue weighted by Crippen LogP contribution is -2.14. The second kappa shape index (κ2) is 5.70. The molecule has 102 valence electrons. The molecule has 0 saturated heterocycles. The Morgan fingerprint density at radius 3 is 2.74 bits per heavy atom. The van der Waals surface area contributed by atoms with E-state index in [4.69, 9.17) is 11.6 Å². The van der Waals surface area contributed by atoms with Crippen LogP contribution in [0, 0.1) is 0 Å². The van der Waals surface area contributed by atoms with Crippen LogP contribution in [0.5, 0.6) is 0 Å². The summed E-state index contributed by atoms with van der Waals surface area (Å²) in [6, 6.07) is 1.25. The third kappa shape index (κ3) is 4.03. The van der Waals surface area contributed by atoms with Gasteiger partial charge in [0, 0.05) is 24.4 Å². The predicted molar refractivity (Wildman–Crippen MR) is 66.4 cm³/mol. The van der Waals surface area contributed by atoms with E-state index in [0.29, 0.717) is 13.0 Å². The van der Waals surface area contributed by atoms with Crippen molar-refractivity contribution in [1.29, 1.82) is 0 Å². The van der Waals surface area contributed by atoms with Crippen LogP contribution >= 0.6 is 22.9 Å². The van der Waals surface area contributed by atoms with Crippen LogP contribution in [0.25, 0.3) is 0 Å². The summed E-state index contributed by atoms with van der Waals surface area (Å²) in [6.07, 6.45) is -4.03. The van der Waals surface area contributed by atoms with Crippen molar-refractivity contribution in [2.24, 2.45) is 0 Å². The van der Waals surface area contributed by atoms with Gasteiger partial charge in [-0.1, -0.05) is 11.6 Å². The molecule has 0 amide bonds. The molecule has 0 spiro atoms. The molecule has 0 aliphatic rings. The van der Waals surface area contributed by atoms with Gasteiger partial charge in [-0.2, -0.15) is 13.2 Å². The molecular weight excluding hydrogens is 301 g/mol. The van der Waals surface area contributed by atoms with E-state index in [-0.39, 0.29) is 11.0 Å². The molecule has 19 heavy (non-hydrogen) atoms. The van der Waals surface area contributed by atoms with Crippen molar-refractivity contribution >= 4 is 28.8 Å². The summed E-state index contributed by atoms with van der Waals surface area (Å²) in [7, 11) is 0. The maximum absolute atomic E-state index is 12.5. The zero-order chi connectivity index (χ0) is 13.9. The van der Waals surface area contributed by atoms with Gasteiger partial charge >= 0.3 is 6.18 Å². The molecule has 0 atom stereocenters. The summed E-state index contributed by atoms with van der Waals surface area (Å²) in [5, 5.41) is 4.38. The molecule has 2 heterocycles. The highest BCUT2D eigenvalue weighted by Gasteiger charge is 2.35. The normalized spacial score (nSPS) is 11.6. The summed E-state index contributed by atoms with van der Waals surface area (Å²) >= 11 is 6.99. The van der Waals surface area contributed by atoms with Crippen molar-refractivity contribution in [1.82, 2.24) is 15.0 Å². The Balaban J connectivity index is 2.02. The van der Waals surface area contributed by atoms with Gasteiger partial charge in [0.05, 0.1) is 11.2 Å². The molecule has 0 saturated carbocycles. The Kier molecular flexibility index (Phi) is 4.20. The number of thiazole rings is 1. The van der Waals surface area contributed by atoms with E-state index >= 15 is 0 Å². The quantitative estimate of drug-likeness (QED) is 0.881. The average molecular weight is 309 g/mol. The molecule has 0 aromatic carbocycles. The molecule has 1 N–H and O–H groups in total. The van der Waals surface area contributed by atoms with Crippen molar-refractivity contribution in [3.05, 3.63) is 33.6 Å². The first kappa shape index (κ1) is 14.0. The van der Waals surface area contributed by atoms with Gasteiger partial charge < -0.3 is 5.32 Å². The van der Waals surface area contributed by atoms with Gasteiger partial charge in [-0.15, -0.1) is 11.3 Å². The number of hydrogen-bond donors (Lipinski definition) is 1. The smallest absolute Gasteiger partial charge is 0.370 e. The number of aromatic nitrogens is 3.